The lowest BCUT2D eigenvalue weighted by Crippen LogP contribution is -2.33. The number of carbonyl (C=O) groups excluding carboxylic acids is 1. The number of likely N-dealkylation sites (N-methyl/N-ethyl adjacent to an activating group) is 1. The Hall–Kier alpha value is -1.85. The van der Waals surface area contributed by atoms with Crippen molar-refractivity contribution in [1.29, 1.82) is 0 Å². The van der Waals surface area contributed by atoms with Gasteiger partial charge in [-0.25, -0.2) is 4.98 Å². The molecule has 2 rings (SSSR count). The van der Waals surface area contributed by atoms with E-state index in [0.717, 1.165) is 5.56 Å². The molecule has 0 unspecified atom stereocenters. The monoisotopic (exact) mass is 324 g/mol. The Balaban J connectivity index is 2.32. The fourth-order valence-electron chi connectivity index (χ4n) is 1.81. The molecule has 1 aromatic heterocycles. The third-order valence-electron chi connectivity index (χ3n) is 2.74. The number of halogens is 2. The fourth-order valence-corrected chi connectivity index (χ4v) is 2.08. The minimum Gasteiger partial charge on any atom is -0.354 e. The average Bonchev–Trinajstić information content (AvgIpc) is 2.49. The number of anilines is 1. The van der Waals surface area contributed by atoms with E-state index < -0.39 is 6.04 Å². The van der Waals surface area contributed by atoms with Gasteiger partial charge in [-0.15, -0.1) is 0 Å². The minimum atomic E-state index is -0.616. The highest BCUT2D eigenvalue weighted by molar-refractivity contribution is 6.33. The van der Waals surface area contributed by atoms with Gasteiger partial charge in [0.1, 0.15) is 11.1 Å². The second-order valence-electron chi connectivity index (χ2n) is 4.22. The summed E-state index contributed by atoms with van der Waals surface area (Å²) in [6, 6.07) is 8.69. The molecule has 0 aliphatic heterocycles. The van der Waals surface area contributed by atoms with E-state index in [1.165, 1.54) is 6.20 Å². The summed E-state index contributed by atoms with van der Waals surface area (Å²) in [6.45, 7) is 2.39. The van der Waals surface area contributed by atoms with Gasteiger partial charge in [-0.05, 0) is 24.1 Å². The smallest absolute Gasteiger partial charge is 0.247 e. The molecule has 1 amide bonds. The van der Waals surface area contributed by atoms with Crippen molar-refractivity contribution in [2.45, 2.75) is 13.0 Å². The molecule has 0 bridgehead atoms. The van der Waals surface area contributed by atoms with E-state index >= 15 is 0 Å². The van der Waals surface area contributed by atoms with Gasteiger partial charge in [0.25, 0.3) is 0 Å². The van der Waals surface area contributed by atoms with Crippen LogP contribution in [0.15, 0.2) is 36.5 Å². The molecule has 0 aliphatic carbocycles. The predicted octanol–water partition coefficient (Wildman–Crippen LogP) is 3.07. The summed E-state index contributed by atoms with van der Waals surface area (Å²) in [4.78, 5) is 20.0. The first-order chi connectivity index (χ1) is 10.1. The molecule has 0 radical (unpaired) electrons. The molecule has 0 spiro atoms. The van der Waals surface area contributed by atoms with E-state index in [-0.39, 0.29) is 11.2 Å². The van der Waals surface area contributed by atoms with Crippen LogP contribution in [0, 0.1) is 0 Å². The normalized spacial score (nSPS) is 11.8. The predicted molar refractivity (Wildman–Crippen MR) is 83.5 cm³/mol. The molecule has 2 aromatic rings. The van der Waals surface area contributed by atoms with Gasteiger partial charge in [-0.1, -0.05) is 41.9 Å². The molecule has 0 saturated carbocycles. The van der Waals surface area contributed by atoms with Crippen LogP contribution in [0.3, 0.4) is 0 Å². The number of hydrogen-bond donors (Lipinski definition) is 2. The summed E-state index contributed by atoms with van der Waals surface area (Å²) >= 11 is 11.8. The first kappa shape index (κ1) is 15.5. The Labute approximate surface area is 132 Å². The molecule has 0 aliphatic rings. The highest BCUT2D eigenvalue weighted by atomic mass is 35.5. The van der Waals surface area contributed by atoms with Crippen molar-refractivity contribution in [3.05, 3.63) is 52.4 Å². The maximum absolute atomic E-state index is 12.3. The summed E-state index contributed by atoms with van der Waals surface area (Å²) < 4.78 is 0. The van der Waals surface area contributed by atoms with Crippen LogP contribution in [0.1, 0.15) is 18.5 Å². The number of nitrogens with one attached hydrogen (secondary N) is 2. The molecule has 1 heterocycles. The second kappa shape index (κ2) is 7.24. The number of nitrogens with zero attached hydrogens (tertiary/aromatic N) is 2. The number of carbonyl (C=O) groups is 1. The molecule has 2 N–H and O–H groups in total. The molecule has 1 atom stereocenters. The van der Waals surface area contributed by atoms with E-state index in [1.54, 1.807) is 0 Å². The Morgan fingerprint density at radius 1 is 1.29 bits per heavy atom. The van der Waals surface area contributed by atoms with Crippen LogP contribution in [0.4, 0.5) is 5.82 Å². The van der Waals surface area contributed by atoms with Crippen LogP contribution in [0.5, 0.6) is 0 Å². The quantitative estimate of drug-likeness (QED) is 0.829. The van der Waals surface area contributed by atoms with Crippen LogP contribution < -0.4 is 10.6 Å². The van der Waals surface area contributed by atoms with Gasteiger partial charge >= 0.3 is 0 Å². The van der Waals surface area contributed by atoms with E-state index in [4.69, 9.17) is 23.2 Å². The van der Waals surface area contributed by atoms with Crippen LogP contribution in [0.25, 0.3) is 0 Å². The zero-order valence-corrected chi connectivity index (χ0v) is 12.8. The van der Waals surface area contributed by atoms with Crippen molar-refractivity contribution >= 4 is 34.9 Å². The lowest BCUT2D eigenvalue weighted by molar-refractivity contribution is -0.121. The Morgan fingerprint density at radius 2 is 2.00 bits per heavy atom. The van der Waals surface area contributed by atoms with Crippen molar-refractivity contribution < 1.29 is 4.79 Å². The maximum Gasteiger partial charge on any atom is 0.247 e. The molecule has 21 heavy (non-hydrogen) atoms. The lowest BCUT2D eigenvalue weighted by atomic mass is 10.1. The van der Waals surface area contributed by atoms with Crippen molar-refractivity contribution in [1.82, 2.24) is 15.3 Å². The number of hydrogen-bond acceptors (Lipinski definition) is 4. The number of rotatable bonds is 5. The van der Waals surface area contributed by atoms with Crippen molar-refractivity contribution in [3.63, 3.8) is 0 Å². The van der Waals surface area contributed by atoms with Gasteiger partial charge in [0.2, 0.25) is 11.2 Å². The first-order valence-corrected chi connectivity index (χ1v) is 7.14. The van der Waals surface area contributed by atoms with Crippen molar-refractivity contribution in [2.24, 2.45) is 0 Å². The molecule has 0 fully saturated rings. The highest BCUT2D eigenvalue weighted by Gasteiger charge is 2.21. The SMILES string of the molecule is CCNC(=O)[C@@H](Nc1nc(Cl)ncc1Cl)c1ccccc1. The van der Waals surface area contributed by atoms with Gasteiger partial charge in [0, 0.05) is 6.54 Å². The highest BCUT2D eigenvalue weighted by Crippen LogP contribution is 2.25. The topological polar surface area (TPSA) is 66.9 Å². The standard InChI is InChI=1S/C14H14Cl2N4O/c1-2-17-13(21)11(9-6-4-3-5-7-9)19-12-10(15)8-18-14(16)20-12/h3-8,11H,2H2,1H3,(H,17,21)(H,18,19,20)/t11-/m0/s1. The molecule has 0 saturated heterocycles. The van der Waals surface area contributed by atoms with Gasteiger partial charge in [0.15, 0.2) is 5.82 Å². The Kier molecular flexibility index (Phi) is 5.36. The Bertz CT molecular complexity index is 622. The average molecular weight is 325 g/mol. The lowest BCUT2D eigenvalue weighted by Gasteiger charge is -2.19. The molecule has 7 heteroatoms. The van der Waals surface area contributed by atoms with Gasteiger partial charge in [-0.3, -0.25) is 4.79 Å². The van der Waals surface area contributed by atoms with Gasteiger partial charge < -0.3 is 10.6 Å². The third-order valence-corrected chi connectivity index (χ3v) is 3.20. The molecular formula is C14H14Cl2N4O. The minimum absolute atomic E-state index is 0.0598. The van der Waals surface area contributed by atoms with E-state index in [9.17, 15) is 4.79 Å². The zero-order valence-electron chi connectivity index (χ0n) is 11.3. The Morgan fingerprint density at radius 3 is 2.67 bits per heavy atom. The van der Waals surface area contributed by atoms with Crippen LogP contribution in [-0.4, -0.2) is 22.4 Å². The number of amides is 1. The first-order valence-electron chi connectivity index (χ1n) is 6.39. The molecule has 5 nitrogen and oxygen atoms in total. The third kappa shape index (κ3) is 4.06. The van der Waals surface area contributed by atoms with Crippen LogP contribution in [-0.2, 0) is 4.79 Å². The van der Waals surface area contributed by atoms with E-state index in [2.05, 4.69) is 20.6 Å². The van der Waals surface area contributed by atoms with Crippen molar-refractivity contribution in [3.8, 4) is 0 Å². The van der Waals surface area contributed by atoms with E-state index in [0.29, 0.717) is 17.4 Å². The molecular weight excluding hydrogens is 311 g/mol. The largest absolute Gasteiger partial charge is 0.354 e. The van der Waals surface area contributed by atoms with Gasteiger partial charge in [0.05, 0.1) is 6.20 Å². The fraction of sp³-hybridized carbons (Fsp3) is 0.214. The summed E-state index contributed by atoms with van der Waals surface area (Å²) in [5, 5.41) is 6.14. The van der Waals surface area contributed by atoms with Crippen LogP contribution >= 0.6 is 23.2 Å². The van der Waals surface area contributed by atoms with Crippen molar-refractivity contribution in [2.75, 3.05) is 11.9 Å². The summed E-state index contributed by atoms with van der Waals surface area (Å²) in [5.41, 5.74) is 0.800. The zero-order chi connectivity index (χ0) is 15.2. The number of benzene rings is 1. The van der Waals surface area contributed by atoms with Gasteiger partial charge in [-0.2, -0.15) is 4.98 Å². The molecule has 110 valence electrons. The second-order valence-corrected chi connectivity index (χ2v) is 4.96. The maximum atomic E-state index is 12.3. The number of aromatic nitrogens is 2. The van der Waals surface area contributed by atoms with E-state index in [1.807, 2.05) is 37.3 Å². The summed E-state index contributed by atoms with van der Waals surface area (Å²) in [6.07, 6.45) is 1.39. The summed E-state index contributed by atoms with van der Waals surface area (Å²) in [7, 11) is 0. The summed E-state index contributed by atoms with van der Waals surface area (Å²) in [5.74, 6) is 0.145. The molecule has 1 aromatic carbocycles. The van der Waals surface area contributed by atoms with Crippen LogP contribution in [0.2, 0.25) is 10.3 Å².